The summed E-state index contributed by atoms with van der Waals surface area (Å²) in [6.07, 6.45) is 1.26. The average molecular weight is 492 g/mol. The van der Waals surface area contributed by atoms with Gasteiger partial charge in [-0.2, -0.15) is 10.4 Å². The third-order valence-corrected chi connectivity index (χ3v) is 8.65. The maximum Gasteiger partial charge on any atom is 0.291 e. The molecule has 13 heteroatoms. The molecular weight excluding hydrogens is 472 g/mol. The van der Waals surface area contributed by atoms with Gasteiger partial charge in [0.05, 0.1) is 48.0 Å². The Morgan fingerprint density at radius 3 is 2.70 bits per heavy atom. The van der Waals surface area contributed by atoms with Crippen molar-refractivity contribution in [3.8, 4) is 11.2 Å². The molecule has 1 N–H and O–H groups in total. The summed E-state index contributed by atoms with van der Waals surface area (Å²) < 4.78 is 49.2. The van der Waals surface area contributed by atoms with Gasteiger partial charge in [-0.1, -0.05) is 11.3 Å². The number of fused-ring (bicyclic) bond motifs is 1. The number of nitrogens with one attached hydrogen (secondary N) is 1. The fourth-order valence-corrected chi connectivity index (χ4v) is 6.20. The Morgan fingerprint density at radius 1 is 1.27 bits per heavy atom. The predicted octanol–water partition coefficient (Wildman–Crippen LogP) is 2.71. The van der Waals surface area contributed by atoms with Crippen LogP contribution in [0.25, 0.3) is 16.0 Å². The fraction of sp³-hybridized carbons (Fsp3) is 0.500. The van der Waals surface area contributed by atoms with E-state index < -0.39 is 23.3 Å². The lowest BCUT2D eigenvalue weighted by Gasteiger charge is -2.38. The summed E-state index contributed by atoms with van der Waals surface area (Å²) in [5.41, 5.74) is 0.849. The van der Waals surface area contributed by atoms with Crippen molar-refractivity contribution in [1.82, 2.24) is 24.7 Å². The van der Waals surface area contributed by atoms with Crippen LogP contribution in [-0.2, 0) is 16.1 Å². The largest absolute Gasteiger partial charge is 0.593 e. The first-order valence-electron chi connectivity index (χ1n) is 10.5. The van der Waals surface area contributed by atoms with Crippen LogP contribution in [0.3, 0.4) is 0 Å². The molecule has 6 rings (SSSR count). The molecule has 4 heterocycles. The van der Waals surface area contributed by atoms with Gasteiger partial charge in [0.1, 0.15) is 5.54 Å². The molecule has 1 atom stereocenters. The Bertz CT molecular complexity index is 1270. The topological polar surface area (TPSA) is 115 Å². The number of ether oxygens (including phenoxy) is 1. The second-order valence-electron chi connectivity index (χ2n) is 8.88. The summed E-state index contributed by atoms with van der Waals surface area (Å²) in [5.74, 6) is 0. The SMILES string of the molecule is N#CC1(N[S+]([O-])c2cc(N3CCC4(COC4)C3)c3cnn(-c4nnc(C(F)F)s4)c3c2)CC1. The molecular formula is C20H19F2N7O2S2. The molecule has 9 nitrogen and oxygen atoms in total. The summed E-state index contributed by atoms with van der Waals surface area (Å²) in [5, 5.41) is 21.9. The predicted molar refractivity (Wildman–Crippen MR) is 117 cm³/mol. The smallest absolute Gasteiger partial charge is 0.291 e. The van der Waals surface area contributed by atoms with Crippen molar-refractivity contribution in [1.29, 1.82) is 5.26 Å². The molecule has 3 aromatic rings. The normalized spacial score (nSPS) is 21.5. The average Bonchev–Trinajstić information content (AvgIpc) is 3.20. The van der Waals surface area contributed by atoms with Gasteiger partial charge in [-0.25, -0.2) is 13.5 Å². The minimum Gasteiger partial charge on any atom is -0.593 e. The Hall–Kier alpha value is -2.37. The zero-order chi connectivity index (χ0) is 22.8. The first-order valence-corrected chi connectivity index (χ1v) is 12.4. The van der Waals surface area contributed by atoms with Crippen LogP contribution in [0.5, 0.6) is 0 Å². The summed E-state index contributed by atoms with van der Waals surface area (Å²) in [7, 11) is 0. The summed E-state index contributed by atoms with van der Waals surface area (Å²) >= 11 is -0.867. The van der Waals surface area contributed by atoms with Gasteiger partial charge in [-0.15, -0.1) is 14.9 Å². The molecule has 1 aromatic carbocycles. The lowest BCUT2D eigenvalue weighted by molar-refractivity contribution is -0.0985. The van der Waals surface area contributed by atoms with E-state index in [1.165, 1.54) is 4.68 Å². The molecule has 1 spiro atoms. The summed E-state index contributed by atoms with van der Waals surface area (Å²) in [6.45, 7) is 3.09. The molecule has 0 amide bonds. The van der Waals surface area contributed by atoms with Crippen molar-refractivity contribution >= 4 is 39.3 Å². The molecule has 2 saturated heterocycles. The number of halogens is 2. The molecule has 33 heavy (non-hydrogen) atoms. The highest BCUT2D eigenvalue weighted by molar-refractivity contribution is 7.89. The molecule has 0 bridgehead atoms. The summed E-state index contributed by atoms with van der Waals surface area (Å²) in [6, 6.07) is 5.78. The van der Waals surface area contributed by atoms with Gasteiger partial charge in [-0.05, 0) is 19.3 Å². The minimum absolute atomic E-state index is 0.139. The van der Waals surface area contributed by atoms with Crippen molar-refractivity contribution in [2.45, 2.75) is 36.1 Å². The number of rotatable bonds is 6. The van der Waals surface area contributed by atoms with Crippen molar-refractivity contribution in [2.75, 3.05) is 31.2 Å². The first kappa shape index (κ1) is 21.2. The van der Waals surface area contributed by atoms with E-state index in [4.69, 9.17) is 4.74 Å². The van der Waals surface area contributed by atoms with Gasteiger partial charge in [0.25, 0.3) is 6.43 Å². The number of nitriles is 1. The summed E-state index contributed by atoms with van der Waals surface area (Å²) in [4.78, 5) is 2.73. The Balaban J connectivity index is 1.43. The highest BCUT2D eigenvalue weighted by Gasteiger charge is 2.48. The first-order chi connectivity index (χ1) is 15.9. The van der Waals surface area contributed by atoms with E-state index in [0.29, 0.717) is 23.3 Å². The molecule has 1 aliphatic carbocycles. The number of nitrogens with zero attached hydrogens (tertiary/aromatic N) is 6. The number of hydrogen-bond donors (Lipinski definition) is 1. The highest BCUT2D eigenvalue weighted by atomic mass is 32.2. The number of anilines is 1. The van der Waals surface area contributed by atoms with E-state index in [1.807, 2.05) is 6.07 Å². The van der Waals surface area contributed by atoms with Gasteiger partial charge in [0.15, 0.2) is 9.90 Å². The van der Waals surface area contributed by atoms with E-state index in [9.17, 15) is 18.6 Å². The zero-order valence-electron chi connectivity index (χ0n) is 17.3. The number of benzene rings is 1. The lowest BCUT2D eigenvalue weighted by atomic mass is 9.85. The van der Waals surface area contributed by atoms with Crippen LogP contribution < -0.4 is 9.62 Å². The Morgan fingerprint density at radius 2 is 2.09 bits per heavy atom. The van der Waals surface area contributed by atoms with E-state index >= 15 is 0 Å². The fourth-order valence-electron chi connectivity index (χ4n) is 4.37. The monoisotopic (exact) mass is 491 g/mol. The molecule has 1 unspecified atom stereocenters. The van der Waals surface area contributed by atoms with Gasteiger partial charge < -0.3 is 14.2 Å². The lowest BCUT2D eigenvalue weighted by Crippen LogP contribution is -2.44. The standard InChI is InChI=1S/C20H19F2N7O2S2/c21-16(22)17-25-26-18(32-17)29-15-6-12(33(30)27-20(8-23)1-2-20)5-14(13(15)7-24-29)28-4-3-19(9-28)10-31-11-19/h5-7,16,27H,1-4,9-11H2. The minimum atomic E-state index is -2.72. The van der Waals surface area contributed by atoms with E-state index in [-0.39, 0.29) is 15.6 Å². The molecule has 3 fully saturated rings. The van der Waals surface area contributed by atoms with Crippen LogP contribution >= 0.6 is 11.3 Å². The molecule has 3 aliphatic rings. The third-order valence-electron chi connectivity index (χ3n) is 6.50. The van der Waals surface area contributed by atoms with Crippen molar-refractivity contribution < 1.29 is 18.1 Å². The van der Waals surface area contributed by atoms with Gasteiger partial charge in [0, 0.05) is 36.0 Å². The number of alkyl halides is 2. The maximum atomic E-state index is 13.2. The van der Waals surface area contributed by atoms with Crippen molar-refractivity contribution in [3.05, 3.63) is 23.3 Å². The molecule has 2 aromatic heterocycles. The maximum absolute atomic E-state index is 13.2. The van der Waals surface area contributed by atoms with Crippen LogP contribution in [0.15, 0.2) is 23.2 Å². The van der Waals surface area contributed by atoms with E-state index in [1.54, 1.807) is 12.3 Å². The van der Waals surface area contributed by atoms with Crippen molar-refractivity contribution in [2.24, 2.45) is 5.41 Å². The molecule has 2 aliphatic heterocycles. The third kappa shape index (κ3) is 3.57. The second-order valence-corrected chi connectivity index (χ2v) is 11.1. The van der Waals surface area contributed by atoms with Crippen LogP contribution in [0.1, 0.15) is 30.7 Å². The Labute approximate surface area is 194 Å². The van der Waals surface area contributed by atoms with Crippen molar-refractivity contribution in [3.63, 3.8) is 0 Å². The quantitative estimate of drug-likeness (QED) is 0.524. The van der Waals surface area contributed by atoms with Gasteiger partial charge in [-0.3, -0.25) is 0 Å². The number of hydrogen-bond acceptors (Lipinski definition) is 9. The van der Waals surface area contributed by atoms with Crippen LogP contribution in [0.4, 0.5) is 14.5 Å². The molecule has 1 saturated carbocycles. The number of aromatic nitrogens is 4. The van der Waals surface area contributed by atoms with Crippen LogP contribution in [0, 0.1) is 16.7 Å². The van der Waals surface area contributed by atoms with Crippen LogP contribution in [0.2, 0.25) is 0 Å². The van der Waals surface area contributed by atoms with E-state index in [0.717, 1.165) is 55.1 Å². The highest BCUT2D eigenvalue weighted by Crippen LogP contribution is 2.43. The zero-order valence-corrected chi connectivity index (χ0v) is 19.0. The Kier molecular flexibility index (Phi) is 4.86. The van der Waals surface area contributed by atoms with Gasteiger partial charge in [0.2, 0.25) is 5.13 Å². The second kappa shape index (κ2) is 7.57. The molecule has 172 valence electrons. The van der Waals surface area contributed by atoms with E-state index in [2.05, 4.69) is 31.0 Å². The molecule has 0 radical (unpaired) electrons. The van der Waals surface area contributed by atoms with Gasteiger partial charge >= 0.3 is 0 Å². The van der Waals surface area contributed by atoms with Crippen LogP contribution in [-0.4, -0.2) is 56.4 Å².